The van der Waals surface area contributed by atoms with Gasteiger partial charge >= 0.3 is 0 Å². The van der Waals surface area contributed by atoms with Crippen molar-refractivity contribution >= 4 is 35.0 Å². The van der Waals surface area contributed by atoms with Crippen molar-refractivity contribution in [1.82, 2.24) is 15.1 Å². The number of halogens is 3. The molecule has 5 nitrogen and oxygen atoms in total. The van der Waals surface area contributed by atoms with Gasteiger partial charge in [-0.2, -0.15) is 0 Å². The summed E-state index contributed by atoms with van der Waals surface area (Å²) in [6.45, 7) is 3.68. The second-order valence-electron chi connectivity index (χ2n) is 7.70. The predicted molar refractivity (Wildman–Crippen MR) is 121 cm³/mol. The Morgan fingerprint density at radius 1 is 1.03 bits per heavy atom. The van der Waals surface area contributed by atoms with Crippen LogP contribution in [0.2, 0.25) is 10.0 Å². The van der Waals surface area contributed by atoms with Crippen LogP contribution in [0.5, 0.6) is 0 Å². The van der Waals surface area contributed by atoms with Crippen LogP contribution in [0.25, 0.3) is 0 Å². The first-order valence-electron chi connectivity index (χ1n) is 10.4. The van der Waals surface area contributed by atoms with Crippen LogP contribution in [0, 0.1) is 5.82 Å². The fourth-order valence-corrected chi connectivity index (χ4v) is 3.92. The lowest BCUT2D eigenvalue weighted by molar-refractivity contribution is -0.133. The third-order valence-corrected chi connectivity index (χ3v) is 6.02. The molecule has 1 heterocycles. The van der Waals surface area contributed by atoms with Crippen molar-refractivity contribution in [3.63, 3.8) is 0 Å². The number of carbonyl (C=O) groups is 2. The van der Waals surface area contributed by atoms with E-state index in [2.05, 4.69) is 10.2 Å². The van der Waals surface area contributed by atoms with E-state index in [1.807, 2.05) is 6.07 Å². The van der Waals surface area contributed by atoms with Crippen LogP contribution in [0.3, 0.4) is 0 Å². The summed E-state index contributed by atoms with van der Waals surface area (Å²) >= 11 is 12.1. The Kier molecular flexibility index (Phi) is 8.69. The topological polar surface area (TPSA) is 52.7 Å². The molecule has 166 valence electrons. The molecule has 31 heavy (non-hydrogen) atoms. The summed E-state index contributed by atoms with van der Waals surface area (Å²) in [6, 6.07) is 11.2. The van der Waals surface area contributed by atoms with Crippen molar-refractivity contribution in [2.75, 3.05) is 32.7 Å². The minimum Gasteiger partial charge on any atom is -0.347 e. The molecule has 0 spiro atoms. The monoisotopic (exact) mass is 465 g/mol. The molecule has 0 atom stereocenters. The zero-order valence-electron chi connectivity index (χ0n) is 17.3. The molecule has 1 N–H and O–H groups in total. The number of amides is 2. The molecule has 0 aromatic heterocycles. The SMILES string of the molecule is O=C(Cc1cccc(F)c1)NCC(=O)N(CCN1CCCC1)Cc1ccc(Cl)c(Cl)c1. The molecule has 1 saturated heterocycles. The molecule has 0 aliphatic carbocycles. The first kappa shape index (κ1) is 23.5. The molecular formula is C23H26Cl2FN3O2. The van der Waals surface area contributed by atoms with Gasteiger partial charge in [0.25, 0.3) is 0 Å². The molecular weight excluding hydrogens is 440 g/mol. The summed E-state index contributed by atoms with van der Waals surface area (Å²) in [5.74, 6) is -0.901. The molecule has 0 bridgehead atoms. The van der Waals surface area contributed by atoms with Crippen molar-refractivity contribution < 1.29 is 14.0 Å². The Hall–Kier alpha value is -2.15. The summed E-state index contributed by atoms with van der Waals surface area (Å²) in [7, 11) is 0. The maximum absolute atomic E-state index is 13.3. The highest BCUT2D eigenvalue weighted by Gasteiger charge is 2.19. The van der Waals surface area contributed by atoms with Gasteiger partial charge in [-0.05, 0) is 61.3 Å². The second kappa shape index (κ2) is 11.5. The Balaban J connectivity index is 1.58. The van der Waals surface area contributed by atoms with E-state index in [1.54, 1.807) is 29.2 Å². The van der Waals surface area contributed by atoms with Gasteiger partial charge in [0, 0.05) is 19.6 Å². The van der Waals surface area contributed by atoms with E-state index in [1.165, 1.54) is 25.0 Å². The second-order valence-corrected chi connectivity index (χ2v) is 8.51. The summed E-state index contributed by atoms with van der Waals surface area (Å²) < 4.78 is 13.3. The standard InChI is InChI=1S/C23H26Cl2FN3O2/c24-20-7-6-18(13-21(20)25)16-29(11-10-28-8-1-2-9-28)23(31)15-27-22(30)14-17-4-3-5-19(26)12-17/h3-7,12-13H,1-2,8-11,14-16H2,(H,27,30). The van der Waals surface area contributed by atoms with E-state index < -0.39 is 5.82 Å². The maximum Gasteiger partial charge on any atom is 0.242 e. The van der Waals surface area contributed by atoms with E-state index in [9.17, 15) is 14.0 Å². The molecule has 8 heteroatoms. The quantitative estimate of drug-likeness (QED) is 0.610. The molecule has 2 aromatic rings. The Labute approximate surface area is 192 Å². The maximum atomic E-state index is 13.3. The molecule has 3 rings (SSSR count). The number of nitrogens with zero attached hydrogens (tertiary/aromatic N) is 2. The smallest absolute Gasteiger partial charge is 0.242 e. The number of hydrogen-bond donors (Lipinski definition) is 1. The van der Waals surface area contributed by atoms with Crippen molar-refractivity contribution in [2.24, 2.45) is 0 Å². The van der Waals surface area contributed by atoms with Crippen molar-refractivity contribution in [2.45, 2.75) is 25.8 Å². The molecule has 0 unspecified atom stereocenters. The van der Waals surface area contributed by atoms with E-state index in [0.29, 0.717) is 28.7 Å². The lowest BCUT2D eigenvalue weighted by Gasteiger charge is -2.26. The van der Waals surface area contributed by atoms with Gasteiger partial charge in [0.2, 0.25) is 11.8 Å². The Morgan fingerprint density at radius 3 is 2.52 bits per heavy atom. The number of carbonyl (C=O) groups excluding carboxylic acids is 2. The molecule has 0 saturated carbocycles. The van der Waals surface area contributed by atoms with E-state index in [4.69, 9.17) is 23.2 Å². The zero-order chi connectivity index (χ0) is 22.2. The number of benzene rings is 2. The molecule has 2 aromatic carbocycles. The number of nitrogens with one attached hydrogen (secondary N) is 1. The highest BCUT2D eigenvalue weighted by molar-refractivity contribution is 6.42. The number of likely N-dealkylation sites (tertiary alicyclic amines) is 1. The van der Waals surface area contributed by atoms with E-state index in [-0.39, 0.29) is 24.8 Å². The van der Waals surface area contributed by atoms with Crippen molar-refractivity contribution in [3.8, 4) is 0 Å². The van der Waals surface area contributed by atoms with Crippen LogP contribution < -0.4 is 5.32 Å². The van der Waals surface area contributed by atoms with Gasteiger partial charge in [0.15, 0.2) is 0 Å². The largest absolute Gasteiger partial charge is 0.347 e. The first-order valence-corrected chi connectivity index (χ1v) is 11.1. The van der Waals surface area contributed by atoms with Crippen molar-refractivity contribution in [1.29, 1.82) is 0 Å². The number of rotatable bonds is 9. The lowest BCUT2D eigenvalue weighted by Crippen LogP contribution is -2.43. The van der Waals surface area contributed by atoms with Gasteiger partial charge in [0.05, 0.1) is 23.0 Å². The predicted octanol–water partition coefficient (Wildman–Crippen LogP) is 3.92. The summed E-state index contributed by atoms with van der Waals surface area (Å²) in [5.41, 5.74) is 1.43. The Morgan fingerprint density at radius 2 is 1.81 bits per heavy atom. The van der Waals surface area contributed by atoms with Crippen LogP contribution in [0.4, 0.5) is 4.39 Å². The normalized spacial score (nSPS) is 13.9. The van der Waals surface area contributed by atoms with Gasteiger partial charge in [-0.25, -0.2) is 4.39 Å². The van der Waals surface area contributed by atoms with Crippen LogP contribution in [0.15, 0.2) is 42.5 Å². The van der Waals surface area contributed by atoms with E-state index >= 15 is 0 Å². The zero-order valence-corrected chi connectivity index (χ0v) is 18.8. The fraction of sp³-hybridized carbons (Fsp3) is 0.391. The lowest BCUT2D eigenvalue weighted by atomic mass is 10.1. The Bertz CT molecular complexity index is 919. The highest BCUT2D eigenvalue weighted by atomic mass is 35.5. The third kappa shape index (κ3) is 7.49. The first-order chi connectivity index (χ1) is 14.9. The van der Waals surface area contributed by atoms with Gasteiger partial charge < -0.3 is 15.1 Å². The summed E-state index contributed by atoms with van der Waals surface area (Å²) in [6.07, 6.45) is 2.37. The molecule has 1 fully saturated rings. The molecule has 0 radical (unpaired) electrons. The van der Waals surface area contributed by atoms with Gasteiger partial charge in [-0.1, -0.05) is 41.4 Å². The average Bonchev–Trinajstić information content (AvgIpc) is 3.25. The van der Waals surface area contributed by atoms with Crippen molar-refractivity contribution in [3.05, 3.63) is 69.5 Å². The summed E-state index contributed by atoms with van der Waals surface area (Å²) in [4.78, 5) is 29.2. The van der Waals surface area contributed by atoms with Gasteiger partial charge in [-0.15, -0.1) is 0 Å². The van der Waals surface area contributed by atoms with Crippen LogP contribution >= 0.6 is 23.2 Å². The molecule has 2 amide bonds. The molecule has 1 aliphatic rings. The minimum atomic E-state index is -0.393. The average molecular weight is 466 g/mol. The fourth-order valence-electron chi connectivity index (χ4n) is 3.60. The summed E-state index contributed by atoms with van der Waals surface area (Å²) in [5, 5.41) is 3.55. The highest BCUT2D eigenvalue weighted by Crippen LogP contribution is 2.23. The third-order valence-electron chi connectivity index (χ3n) is 5.29. The molecule has 1 aliphatic heterocycles. The van der Waals surface area contributed by atoms with Crippen LogP contribution in [0.1, 0.15) is 24.0 Å². The van der Waals surface area contributed by atoms with Crippen LogP contribution in [-0.4, -0.2) is 54.3 Å². The van der Waals surface area contributed by atoms with Gasteiger partial charge in [0.1, 0.15) is 5.82 Å². The van der Waals surface area contributed by atoms with Gasteiger partial charge in [-0.3, -0.25) is 9.59 Å². The van der Waals surface area contributed by atoms with Crippen LogP contribution in [-0.2, 0) is 22.6 Å². The minimum absolute atomic E-state index is 0.0195. The number of hydrogen-bond acceptors (Lipinski definition) is 3. The van der Waals surface area contributed by atoms with E-state index in [0.717, 1.165) is 25.2 Å².